The van der Waals surface area contributed by atoms with Gasteiger partial charge in [0.2, 0.25) is 0 Å². The maximum atomic E-state index is 10.3. The topological polar surface area (TPSA) is 78.4 Å². The minimum absolute atomic E-state index is 0.175. The van der Waals surface area contributed by atoms with Gasteiger partial charge in [0.05, 0.1) is 6.54 Å². The van der Waals surface area contributed by atoms with Crippen molar-refractivity contribution in [2.45, 2.75) is 6.04 Å². The number of aliphatic carboxylic acids is 1. The lowest BCUT2D eigenvalue weighted by Gasteiger charge is -1.97. The second-order valence-corrected chi connectivity index (χ2v) is 1.75. The van der Waals surface area contributed by atoms with E-state index >= 15 is 0 Å². The van der Waals surface area contributed by atoms with E-state index < -0.39 is 18.0 Å². The molecule has 5 nitrogen and oxygen atoms in total. The van der Waals surface area contributed by atoms with Gasteiger partial charge in [0.1, 0.15) is 6.04 Å². The normalized spacial score (nSPS) is 24.9. The predicted molar refractivity (Wildman–Crippen MR) is 28.0 cm³/mol. The van der Waals surface area contributed by atoms with Gasteiger partial charge in [0.15, 0.2) is 0 Å². The number of urea groups is 1. The summed E-state index contributed by atoms with van der Waals surface area (Å²) in [5, 5.41) is 12.8. The minimum atomic E-state index is -1.01. The van der Waals surface area contributed by atoms with Crippen LogP contribution in [0.5, 0.6) is 0 Å². The van der Waals surface area contributed by atoms with E-state index in [0.29, 0.717) is 0 Å². The Kier molecular flexibility index (Phi) is 1.26. The van der Waals surface area contributed by atoms with Gasteiger partial charge < -0.3 is 15.7 Å². The van der Waals surface area contributed by atoms with Gasteiger partial charge in [-0.25, -0.2) is 9.59 Å². The summed E-state index contributed by atoms with van der Waals surface area (Å²) in [6.07, 6.45) is 0. The highest BCUT2D eigenvalue weighted by atomic mass is 16.4. The van der Waals surface area contributed by atoms with E-state index in [0.717, 1.165) is 0 Å². The number of carboxylic acid groups (broad SMARTS) is 1. The number of hydrogen-bond donors (Lipinski definition) is 3. The third-order valence-electron chi connectivity index (χ3n) is 1.07. The molecule has 5 heteroatoms. The largest absolute Gasteiger partial charge is 0.480 e. The number of amides is 2. The van der Waals surface area contributed by atoms with Crippen molar-refractivity contribution in [1.29, 1.82) is 0 Å². The molecule has 1 saturated heterocycles. The highest BCUT2D eigenvalue weighted by Gasteiger charge is 2.25. The Morgan fingerprint density at radius 1 is 1.78 bits per heavy atom. The van der Waals surface area contributed by atoms with Crippen molar-refractivity contribution in [3.63, 3.8) is 0 Å². The van der Waals surface area contributed by atoms with Gasteiger partial charge in [0, 0.05) is 0 Å². The third-order valence-corrected chi connectivity index (χ3v) is 1.07. The first-order valence-corrected chi connectivity index (χ1v) is 2.47. The second kappa shape index (κ2) is 1.93. The first-order chi connectivity index (χ1) is 4.20. The summed E-state index contributed by atoms with van der Waals surface area (Å²) < 4.78 is 0. The fourth-order valence-corrected chi connectivity index (χ4v) is 0.604. The molecule has 0 aliphatic carbocycles. The molecule has 0 aromatic rings. The summed E-state index contributed by atoms with van der Waals surface area (Å²) in [6, 6.07) is -1.17. The molecule has 0 saturated carbocycles. The van der Waals surface area contributed by atoms with Crippen LogP contribution in [0.3, 0.4) is 0 Å². The maximum Gasteiger partial charge on any atom is 0.328 e. The van der Waals surface area contributed by atoms with Crippen molar-refractivity contribution < 1.29 is 14.7 Å². The molecule has 9 heavy (non-hydrogen) atoms. The molecule has 0 bridgehead atoms. The Morgan fingerprint density at radius 2 is 2.44 bits per heavy atom. The number of carbonyl (C=O) groups excluding carboxylic acids is 1. The summed E-state index contributed by atoms with van der Waals surface area (Å²) in [5.74, 6) is -1.01. The Balaban J connectivity index is 2.48. The summed E-state index contributed by atoms with van der Waals surface area (Å²) in [7, 11) is 0. The van der Waals surface area contributed by atoms with E-state index in [1.807, 2.05) is 0 Å². The van der Waals surface area contributed by atoms with Crippen molar-refractivity contribution in [1.82, 2.24) is 10.6 Å². The van der Waals surface area contributed by atoms with Crippen LogP contribution < -0.4 is 10.6 Å². The molecule has 1 unspecified atom stereocenters. The maximum absolute atomic E-state index is 10.3. The predicted octanol–water partition coefficient (Wildman–Crippen LogP) is -1.25. The number of hydrogen-bond acceptors (Lipinski definition) is 2. The smallest absolute Gasteiger partial charge is 0.328 e. The average Bonchev–Trinajstić information content (AvgIpc) is 2.14. The van der Waals surface area contributed by atoms with E-state index in [1.165, 1.54) is 0 Å². The van der Waals surface area contributed by atoms with E-state index in [1.54, 1.807) is 0 Å². The zero-order chi connectivity index (χ0) is 6.85. The van der Waals surface area contributed by atoms with Crippen molar-refractivity contribution in [2.24, 2.45) is 0 Å². The lowest BCUT2D eigenvalue weighted by atomic mass is 10.3. The molecule has 1 atom stereocenters. The summed E-state index contributed by atoms with van der Waals surface area (Å²) in [4.78, 5) is 20.4. The van der Waals surface area contributed by atoms with Crippen LogP contribution in [0, 0.1) is 0 Å². The molecule has 1 rings (SSSR count). The zero-order valence-corrected chi connectivity index (χ0v) is 4.55. The number of carbonyl (C=O) groups is 2. The summed E-state index contributed by atoms with van der Waals surface area (Å²) in [5.41, 5.74) is 0. The quantitative estimate of drug-likeness (QED) is 0.415. The van der Waals surface area contributed by atoms with Gasteiger partial charge in [-0.15, -0.1) is 0 Å². The van der Waals surface area contributed by atoms with E-state index in [4.69, 9.17) is 5.11 Å². The molecule has 0 aromatic carbocycles. The monoisotopic (exact) mass is 130 g/mol. The van der Waals surface area contributed by atoms with Crippen LogP contribution >= 0.6 is 0 Å². The van der Waals surface area contributed by atoms with Gasteiger partial charge in [-0.05, 0) is 0 Å². The molecule has 0 radical (unpaired) electrons. The standard InChI is InChI=1S/C4H6N2O3/c7-3(8)2-1-5-4(9)6-2/h2H,1H2,(H,7,8)(H2,5,6,9). The Bertz CT molecular complexity index is 156. The zero-order valence-electron chi connectivity index (χ0n) is 4.55. The van der Waals surface area contributed by atoms with Gasteiger partial charge >= 0.3 is 12.0 Å². The average molecular weight is 130 g/mol. The molecule has 1 aliphatic rings. The summed E-state index contributed by atoms with van der Waals surface area (Å²) >= 11 is 0. The van der Waals surface area contributed by atoms with Crippen LogP contribution in [0.4, 0.5) is 4.79 Å². The van der Waals surface area contributed by atoms with Gasteiger partial charge in [-0.3, -0.25) is 0 Å². The molecule has 1 fully saturated rings. The lowest BCUT2D eigenvalue weighted by Crippen LogP contribution is -2.33. The lowest BCUT2D eigenvalue weighted by molar-refractivity contribution is -0.138. The van der Waals surface area contributed by atoms with Gasteiger partial charge in [-0.2, -0.15) is 0 Å². The SMILES string of the molecule is O=C1NCC(C(=O)O)N1. The van der Waals surface area contributed by atoms with Crippen LogP contribution in [-0.2, 0) is 4.79 Å². The molecule has 50 valence electrons. The van der Waals surface area contributed by atoms with Gasteiger partial charge in [-0.1, -0.05) is 0 Å². The summed E-state index contributed by atoms with van der Waals surface area (Å²) in [6.45, 7) is 0.175. The first-order valence-electron chi connectivity index (χ1n) is 2.47. The van der Waals surface area contributed by atoms with E-state index in [2.05, 4.69) is 10.6 Å². The molecule has 2 amide bonds. The van der Waals surface area contributed by atoms with Crippen LogP contribution in [0.1, 0.15) is 0 Å². The fourth-order valence-electron chi connectivity index (χ4n) is 0.604. The Morgan fingerprint density at radius 3 is 2.67 bits per heavy atom. The Labute approximate surface area is 51.0 Å². The molecular formula is C4H6N2O3. The van der Waals surface area contributed by atoms with Crippen molar-refractivity contribution >= 4 is 12.0 Å². The van der Waals surface area contributed by atoms with Gasteiger partial charge in [0.25, 0.3) is 0 Å². The molecule has 1 aliphatic heterocycles. The third kappa shape index (κ3) is 1.10. The van der Waals surface area contributed by atoms with Crippen molar-refractivity contribution in [2.75, 3.05) is 6.54 Å². The van der Waals surface area contributed by atoms with Crippen LogP contribution in [-0.4, -0.2) is 29.7 Å². The highest BCUT2D eigenvalue weighted by molar-refractivity contribution is 5.86. The minimum Gasteiger partial charge on any atom is -0.480 e. The fraction of sp³-hybridized carbons (Fsp3) is 0.500. The number of carboxylic acids is 1. The Hall–Kier alpha value is -1.26. The number of rotatable bonds is 1. The molecule has 0 spiro atoms. The second-order valence-electron chi connectivity index (χ2n) is 1.75. The number of nitrogens with one attached hydrogen (secondary N) is 2. The van der Waals surface area contributed by atoms with Crippen LogP contribution in [0.15, 0.2) is 0 Å². The molecule has 1 heterocycles. The van der Waals surface area contributed by atoms with E-state index in [9.17, 15) is 9.59 Å². The molecule has 3 N–H and O–H groups in total. The van der Waals surface area contributed by atoms with Crippen molar-refractivity contribution in [3.05, 3.63) is 0 Å². The molecule has 0 aromatic heterocycles. The van der Waals surface area contributed by atoms with E-state index in [-0.39, 0.29) is 6.54 Å². The molecular weight excluding hydrogens is 124 g/mol. The van der Waals surface area contributed by atoms with Crippen LogP contribution in [0.25, 0.3) is 0 Å². The highest BCUT2D eigenvalue weighted by Crippen LogP contribution is 1.88. The van der Waals surface area contributed by atoms with Crippen molar-refractivity contribution in [3.8, 4) is 0 Å². The van der Waals surface area contributed by atoms with Crippen LogP contribution in [0.2, 0.25) is 0 Å². The first kappa shape index (κ1) is 5.87.